The normalized spacial score (nSPS) is 16.0. The molecule has 1 aliphatic rings. The summed E-state index contributed by atoms with van der Waals surface area (Å²) in [5.41, 5.74) is 2.85. The van der Waals surface area contributed by atoms with E-state index in [1.54, 1.807) is 7.05 Å². The molecule has 0 bridgehead atoms. The molecule has 162 valence electrons. The maximum atomic E-state index is 12.2. The molecular formula is C22H28ClIN4O2. The van der Waals surface area contributed by atoms with Gasteiger partial charge in [-0.25, -0.2) is 0 Å². The number of nitrogens with one attached hydrogen (secondary N) is 2. The van der Waals surface area contributed by atoms with Crippen LogP contribution in [0.5, 0.6) is 0 Å². The van der Waals surface area contributed by atoms with Crippen LogP contribution < -0.4 is 10.6 Å². The molecule has 0 aromatic heterocycles. The third kappa shape index (κ3) is 6.85. The SMILES string of the molecule is CN=C(NCc1cccc(NC(=O)C2CCCO2)c1)N(C)Cc1ccccc1Cl.I. The van der Waals surface area contributed by atoms with Gasteiger partial charge in [-0.1, -0.05) is 41.9 Å². The standard InChI is InChI=1S/C22H27ClN4O2.HI/c1-24-22(27(2)15-17-8-3-4-10-19(17)23)25-14-16-7-5-9-18(13-16)26-21(28)20-11-6-12-29-20;/h3-5,7-10,13,20H,6,11-12,14-15H2,1-2H3,(H,24,25)(H,26,28);1H. The molecule has 0 aliphatic carbocycles. The molecule has 1 unspecified atom stereocenters. The van der Waals surface area contributed by atoms with Crippen molar-refractivity contribution < 1.29 is 9.53 Å². The molecule has 0 saturated carbocycles. The number of rotatable bonds is 6. The number of amides is 1. The first-order valence-electron chi connectivity index (χ1n) is 9.73. The van der Waals surface area contributed by atoms with Gasteiger partial charge >= 0.3 is 0 Å². The zero-order chi connectivity index (χ0) is 20.6. The van der Waals surface area contributed by atoms with Crippen LogP contribution in [-0.2, 0) is 22.6 Å². The van der Waals surface area contributed by atoms with Gasteiger partial charge in [-0.05, 0) is 42.2 Å². The molecule has 0 spiro atoms. The maximum Gasteiger partial charge on any atom is 0.253 e. The summed E-state index contributed by atoms with van der Waals surface area (Å²) in [6.45, 7) is 1.89. The highest BCUT2D eigenvalue weighted by atomic mass is 127. The van der Waals surface area contributed by atoms with Gasteiger partial charge in [0.2, 0.25) is 0 Å². The number of halogens is 2. The van der Waals surface area contributed by atoms with Gasteiger partial charge in [0, 0.05) is 44.5 Å². The Morgan fingerprint density at radius 1 is 1.27 bits per heavy atom. The summed E-state index contributed by atoms with van der Waals surface area (Å²) >= 11 is 6.26. The average Bonchev–Trinajstić information content (AvgIpc) is 3.26. The second kappa shape index (κ2) is 12.1. The Hall–Kier alpha value is -1.84. The van der Waals surface area contributed by atoms with E-state index in [1.165, 1.54) is 0 Å². The lowest BCUT2D eigenvalue weighted by atomic mass is 10.2. The smallest absolute Gasteiger partial charge is 0.253 e. The van der Waals surface area contributed by atoms with Crippen molar-refractivity contribution in [2.75, 3.05) is 26.0 Å². The van der Waals surface area contributed by atoms with Gasteiger partial charge in [0.1, 0.15) is 6.10 Å². The summed E-state index contributed by atoms with van der Waals surface area (Å²) in [5.74, 6) is 0.682. The first-order chi connectivity index (χ1) is 14.1. The summed E-state index contributed by atoms with van der Waals surface area (Å²) in [7, 11) is 3.72. The van der Waals surface area contributed by atoms with E-state index in [4.69, 9.17) is 16.3 Å². The van der Waals surface area contributed by atoms with Crippen LogP contribution in [-0.4, -0.2) is 43.6 Å². The minimum absolute atomic E-state index is 0. The molecule has 8 heteroatoms. The first-order valence-corrected chi connectivity index (χ1v) is 10.1. The second-order valence-electron chi connectivity index (χ2n) is 7.04. The van der Waals surface area contributed by atoms with Crippen LogP contribution in [0.2, 0.25) is 5.02 Å². The zero-order valence-corrected chi connectivity index (χ0v) is 20.3. The summed E-state index contributed by atoms with van der Waals surface area (Å²) in [6, 6.07) is 15.6. The van der Waals surface area contributed by atoms with E-state index in [0.717, 1.165) is 40.6 Å². The number of hydrogen-bond acceptors (Lipinski definition) is 3. The van der Waals surface area contributed by atoms with Crippen LogP contribution in [0.3, 0.4) is 0 Å². The van der Waals surface area contributed by atoms with E-state index in [9.17, 15) is 4.79 Å². The largest absolute Gasteiger partial charge is 0.368 e. The second-order valence-corrected chi connectivity index (χ2v) is 7.45. The highest BCUT2D eigenvalue weighted by molar-refractivity contribution is 14.0. The quantitative estimate of drug-likeness (QED) is 0.325. The summed E-state index contributed by atoms with van der Waals surface area (Å²) in [4.78, 5) is 18.6. The number of guanidine groups is 1. The fourth-order valence-electron chi connectivity index (χ4n) is 3.29. The van der Waals surface area contributed by atoms with Gasteiger partial charge in [0.15, 0.2) is 5.96 Å². The number of ether oxygens (including phenoxy) is 1. The lowest BCUT2D eigenvalue weighted by molar-refractivity contribution is -0.124. The third-order valence-electron chi connectivity index (χ3n) is 4.81. The van der Waals surface area contributed by atoms with Crippen LogP contribution in [0.15, 0.2) is 53.5 Å². The van der Waals surface area contributed by atoms with Crippen molar-refractivity contribution in [2.24, 2.45) is 4.99 Å². The molecule has 1 saturated heterocycles. The molecule has 0 radical (unpaired) electrons. The van der Waals surface area contributed by atoms with Gasteiger partial charge < -0.3 is 20.3 Å². The molecule has 2 aromatic rings. The van der Waals surface area contributed by atoms with Crippen LogP contribution in [0.1, 0.15) is 24.0 Å². The minimum atomic E-state index is -0.339. The molecule has 1 aliphatic heterocycles. The Balaban J connectivity index is 0.00000320. The summed E-state index contributed by atoms with van der Waals surface area (Å²) < 4.78 is 5.44. The van der Waals surface area contributed by atoms with E-state index in [-0.39, 0.29) is 36.0 Å². The number of carbonyl (C=O) groups excluding carboxylic acids is 1. The zero-order valence-electron chi connectivity index (χ0n) is 17.2. The molecule has 30 heavy (non-hydrogen) atoms. The molecule has 1 heterocycles. The fraction of sp³-hybridized carbons (Fsp3) is 0.364. The van der Waals surface area contributed by atoms with Crippen LogP contribution >= 0.6 is 35.6 Å². The van der Waals surface area contributed by atoms with Crippen LogP contribution in [0.4, 0.5) is 5.69 Å². The molecular weight excluding hydrogens is 515 g/mol. The predicted octanol–water partition coefficient (Wildman–Crippen LogP) is 4.28. The lowest BCUT2D eigenvalue weighted by Crippen LogP contribution is -2.38. The van der Waals surface area contributed by atoms with Crippen LogP contribution in [0.25, 0.3) is 0 Å². The third-order valence-corrected chi connectivity index (χ3v) is 5.17. The molecule has 3 rings (SSSR count). The number of benzene rings is 2. The molecule has 1 fully saturated rings. The molecule has 6 nitrogen and oxygen atoms in total. The Bertz CT molecular complexity index is 872. The predicted molar refractivity (Wildman–Crippen MR) is 133 cm³/mol. The van der Waals surface area contributed by atoms with E-state index in [1.807, 2.05) is 60.5 Å². The van der Waals surface area contributed by atoms with Crippen LogP contribution in [0, 0.1) is 0 Å². The van der Waals surface area contributed by atoms with E-state index in [2.05, 4.69) is 15.6 Å². The Kier molecular flexibility index (Phi) is 9.87. The lowest BCUT2D eigenvalue weighted by Gasteiger charge is -2.23. The average molecular weight is 543 g/mol. The van der Waals surface area contributed by atoms with Gasteiger partial charge in [-0.2, -0.15) is 0 Å². The van der Waals surface area contributed by atoms with Crippen molar-refractivity contribution in [2.45, 2.75) is 32.0 Å². The number of nitrogens with zero attached hydrogens (tertiary/aromatic N) is 2. The van der Waals surface area contributed by atoms with Crippen molar-refractivity contribution in [1.29, 1.82) is 0 Å². The molecule has 2 N–H and O–H groups in total. The van der Waals surface area contributed by atoms with Crippen molar-refractivity contribution in [3.05, 3.63) is 64.7 Å². The van der Waals surface area contributed by atoms with Gasteiger partial charge in [-0.15, -0.1) is 24.0 Å². The maximum absolute atomic E-state index is 12.2. The highest BCUT2D eigenvalue weighted by Gasteiger charge is 2.23. The van der Waals surface area contributed by atoms with E-state index in [0.29, 0.717) is 19.7 Å². The van der Waals surface area contributed by atoms with Crippen molar-refractivity contribution in [3.8, 4) is 0 Å². The molecule has 1 atom stereocenters. The van der Waals surface area contributed by atoms with Gasteiger partial charge in [-0.3, -0.25) is 9.79 Å². The Morgan fingerprint density at radius 3 is 2.77 bits per heavy atom. The summed E-state index contributed by atoms with van der Waals surface area (Å²) in [6.07, 6.45) is 1.37. The fourth-order valence-corrected chi connectivity index (χ4v) is 3.48. The Labute approximate surface area is 200 Å². The number of carbonyl (C=O) groups is 1. The van der Waals surface area contributed by atoms with Gasteiger partial charge in [0.25, 0.3) is 5.91 Å². The number of aliphatic imine (C=N–C) groups is 1. The minimum Gasteiger partial charge on any atom is -0.368 e. The number of anilines is 1. The first kappa shape index (κ1) is 24.4. The highest BCUT2D eigenvalue weighted by Crippen LogP contribution is 2.18. The topological polar surface area (TPSA) is 66.0 Å². The molecule has 1 amide bonds. The van der Waals surface area contributed by atoms with Crippen molar-refractivity contribution in [3.63, 3.8) is 0 Å². The van der Waals surface area contributed by atoms with Crippen molar-refractivity contribution >= 4 is 53.1 Å². The van der Waals surface area contributed by atoms with Crippen molar-refractivity contribution in [1.82, 2.24) is 10.2 Å². The number of hydrogen-bond donors (Lipinski definition) is 2. The Morgan fingerprint density at radius 2 is 2.07 bits per heavy atom. The van der Waals surface area contributed by atoms with Gasteiger partial charge in [0.05, 0.1) is 0 Å². The molecule has 2 aromatic carbocycles. The van der Waals surface area contributed by atoms with E-state index < -0.39 is 0 Å². The van der Waals surface area contributed by atoms with E-state index >= 15 is 0 Å². The monoisotopic (exact) mass is 542 g/mol. The summed E-state index contributed by atoms with van der Waals surface area (Å²) in [5, 5.41) is 7.04.